The van der Waals surface area contributed by atoms with Crippen LogP contribution in [0.3, 0.4) is 0 Å². The summed E-state index contributed by atoms with van der Waals surface area (Å²) < 4.78 is 2.10. The summed E-state index contributed by atoms with van der Waals surface area (Å²) >= 11 is 0. The monoisotopic (exact) mass is 190 g/mol. The van der Waals surface area contributed by atoms with Crippen molar-refractivity contribution in [2.45, 2.75) is 20.3 Å². The molecule has 2 rings (SSSR count). The Balaban J connectivity index is 2.70. The molecule has 0 amide bonds. The molecule has 0 spiro atoms. The Morgan fingerprint density at radius 1 is 1.36 bits per heavy atom. The second-order valence-electron chi connectivity index (χ2n) is 3.54. The zero-order chi connectivity index (χ0) is 10.1. The maximum absolute atomic E-state index is 8.92. The summed E-state index contributed by atoms with van der Waals surface area (Å²) in [5.41, 5.74) is 4.39. The summed E-state index contributed by atoms with van der Waals surface area (Å²) in [6.07, 6.45) is 2.50. The summed E-state index contributed by atoms with van der Waals surface area (Å²) in [5, 5.41) is 8.92. The van der Waals surface area contributed by atoms with Gasteiger partial charge in [-0.1, -0.05) is 6.07 Å². The fourth-order valence-corrected chi connectivity index (χ4v) is 1.74. The first kappa shape index (κ1) is 9.21. The zero-order valence-corrected chi connectivity index (χ0v) is 8.49. The number of hydrogen-bond donors (Lipinski definition) is 1. The Bertz CT molecular complexity index is 460. The van der Waals surface area contributed by atoms with Gasteiger partial charge in [0.25, 0.3) is 0 Å². The van der Waals surface area contributed by atoms with E-state index >= 15 is 0 Å². The van der Waals surface area contributed by atoms with Crippen molar-refractivity contribution in [1.82, 2.24) is 9.38 Å². The first-order chi connectivity index (χ1) is 6.74. The molecule has 0 saturated heterocycles. The number of nitrogens with zero attached hydrogens (tertiary/aromatic N) is 2. The molecular weight excluding hydrogens is 176 g/mol. The highest BCUT2D eigenvalue weighted by Gasteiger charge is 2.06. The average molecular weight is 190 g/mol. The third kappa shape index (κ3) is 1.30. The molecule has 14 heavy (non-hydrogen) atoms. The van der Waals surface area contributed by atoms with Crippen molar-refractivity contribution in [3.63, 3.8) is 0 Å². The fourth-order valence-electron chi connectivity index (χ4n) is 1.74. The molecule has 0 atom stereocenters. The number of imidazole rings is 1. The van der Waals surface area contributed by atoms with Gasteiger partial charge in [-0.2, -0.15) is 0 Å². The lowest BCUT2D eigenvalue weighted by Crippen LogP contribution is -2.00. The van der Waals surface area contributed by atoms with Gasteiger partial charge in [0.15, 0.2) is 0 Å². The molecule has 0 aliphatic carbocycles. The van der Waals surface area contributed by atoms with Crippen molar-refractivity contribution >= 4 is 5.65 Å². The van der Waals surface area contributed by atoms with Crippen molar-refractivity contribution < 1.29 is 5.11 Å². The van der Waals surface area contributed by atoms with E-state index in [-0.39, 0.29) is 6.61 Å². The molecule has 1 N–H and O–H groups in total. The first-order valence-corrected chi connectivity index (χ1v) is 4.77. The Labute approximate surface area is 83.0 Å². The van der Waals surface area contributed by atoms with E-state index in [0.717, 1.165) is 17.0 Å². The molecule has 0 aromatic carbocycles. The Morgan fingerprint density at radius 3 is 2.86 bits per heavy atom. The minimum atomic E-state index is 0.168. The van der Waals surface area contributed by atoms with Crippen molar-refractivity contribution in [2.24, 2.45) is 0 Å². The molecule has 0 aliphatic rings. The third-order valence-corrected chi connectivity index (χ3v) is 2.48. The quantitative estimate of drug-likeness (QED) is 0.779. The minimum Gasteiger partial charge on any atom is -0.396 e. The highest BCUT2D eigenvalue weighted by atomic mass is 16.3. The maximum atomic E-state index is 8.92. The average Bonchev–Trinajstić information content (AvgIpc) is 2.58. The van der Waals surface area contributed by atoms with E-state index in [2.05, 4.69) is 28.4 Å². The van der Waals surface area contributed by atoms with Gasteiger partial charge >= 0.3 is 0 Å². The molecule has 74 valence electrons. The molecule has 0 bridgehead atoms. The van der Waals surface area contributed by atoms with Crippen molar-refractivity contribution in [3.8, 4) is 0 Å². The smallest absolute Gasteiger partial charge is 0.140 e. The number of aromatic nitrogens is 2. The van der Waals surface area contributed by atoms with Gasteiger partial charge in [-0.25, -0.2) is 4.98 Å². The summed E-state index contributed by atoms with van der Waals surface area (Å²) in [6, 6.07) is 4.14. The van der Waals surface area contributed by atoms with E-state index in [4.69, 9.17) is 5.11 Å². The Hall–Kier alpha value is -1.35. The Morgan fingerprint density at radius 2 is 2.14 bits per heavy atom. The van der Waals surface area contributed by atoms with Gasteiger partial charge < -0.3 is 9.51 Å². The molecule has 0 unspecified atom stereocenters. The molecule has 0 radical (unpaired) electrons. The van der Waals surface area contributed by atoms with Crippen LogP contribution >= 0.6 is 0 Å². The molecule has 3 nitrogen and oxygen atoms in total. The van der Waals surface area contributed by atoms with Crippen LogP contribution in [0.15, 0.2) is 18.3 Å². The number of aliphatic hydroxyl groups is 1. The van der Waals surface area contributed by atoms with Gasteiger partial charge in [0, 0.05) is 30.6 Å². The van der Waals surface area contributed by atoms with E-state index in [9.17, 15) is 0 Å². The van der Waals surface area contributed by atoms with E-state index in [1.165, 1.54) is 5.56 Å². The zero-order valence-electron chi connectivity index (χ0n) is 8.49. The normalized spacial score (nSPS) is 11.1. The summed E-state index contributed by atoms with van der Waals surface area (Å²) in [5.74, 6) is 0. The fraction of sp³-hybridized carbons (Fsp3) is 0.364. The summed E-state index contributed by atoms with van der Waals surface area (Å²) in [4.78, 5) is 4.35. The Kier molecular flexibility index (Phi) is 2.25. The molecule has 2 heterocycles. The lowest BCUT2D eigenvalue weighted by atomic mass is 10.2. The third-order valence-electron chi connectivity index (χ3n) is 2.48. The van der Waals surface area contributed by atoms with E-state index < -0.39 is 0 Å². The van der Waals surface area contributed by atoms with Crippen LogP contribution < -0.4 is 0 Å². The lowest BCUT2D eigenvalue weighted by Gasteiger charge is -2.05. The van der Waals surface area contributed by atoms with Crippen LogP contribution in [0.5, 0.6) is 0 Å². The van der Waals surface area contributed by atoms with Crippen LogP contribution in [0, 0.1) is 13.8 Å². The topological polar surface area (TPSA) is 37.5 Å². The van der Waals surface area contributed by atoms with Gasteiger partial charge in [-0.15, -0.1) is 0 Å². The van der Waals surface area contributed by atoms with Crippen molar-refractivity contribution in [2.75, 3.05) is 6.61 Å². The highest BCUT2D eigenvalue weighted by Crippen LogP contribution is 2.14. The number of aryl methyl sites for hydroxylation is 2. The molecular formula is C11H14N2O. The van der Waals surface area contributed by atoms with Gasteiger partial charge in [0.1, 0.15) is 5.65 Å². The van der Waals surface area contributed by atoms with Crippen molar-refractivity contribution in [3.05, 3.63) is 35.3 Å². The van der Waals surface area contributed by atoms with E-state index in [1.807, 2.05) is 13.1 Å². The van der Waals surface area contributed by atoms with Crippen LogP contribution in [0.1, 0.15) is 17.0 Å². The minimum absolute atomic E-state index is 0.168. The number of fused-ring (bicyclic) bond motifs is 1. The molecule has 0 aliphatic heterocycles. The van der Waals surface area contributed by atoms with Gasteiger partial charge in [0.2, 0.25) is 0 Å². The number of hydrogen-bond acceptors (Lipinski definition) is 2. The van der Waals surface area contributed by atoms with E-state index in [1.54, 1.807) is 0 Å². The number of rotatable bonds is 2. The number of pyridine rings is 1. The second-order valence-corrected chi connectivity index (χ2v) is 3.54. The lowest BCUT2D eigenvalue weighted by molar-refractivity contribution is 0.298. The van der Waals surface area contributed by atoms with Gasteiger partial charge in [-0.05, 0) is 25.5 Å². The summed E-state index contributed by atoms with van der Waals surface area (Å²) in [7, 11) is 0. The standard InChI is InChI=1S/C11H14N2O/c1-8-3-4-9(2)13-10(5-6-14)7-12-11(8)13/h3-4,7,14H,5-6H2,1-2H3. The van der Waals surface area contributed by atoms with Crippen LogP contribution in [0.2, 0.25) is 0 Å². The van der Waals surface area contributed by atoms with E-state index in [0.29, 0.717) is 6.42 Å². The molecule has 0 fully saturated rings. The van der Waals surface area contributed by atoms with Gasteiger partial charge in [0.05, 0.1) is 0 Å². The molecule has 2 aromatic rings. The largest absolute Gasteiger partial charge is 0.396 e. The van der Waals surface area contributed by atoms with Crippen molar-refractivity contribution in [1.29, 1.82) is 0 Å². The van der Waals surface area contributed by atoms with Crippen LogP contribution in [0.4, 0.5) is 0 Å². The number of aliphatic hydroxyl groups excluding tert-OH is 1. The predicted octanol–water partition coefficient (Wildman–Crippen LogP) is 1.49. The summed E-state index contributed by atoms with van der Waals surface area (Å²) in [6.45, 7) is 4.26. The molecule has 3 heteroatoms. The SMILES string of the molecule is Cc1ccc(C)n2c(CCO)cnc12. The van der Waals surface area contributed by atoms with Crippen LogP contribution in [-0.4, -0.2) is 21.1 Å². The van der Waals surface area contributed by atoms with Gasteiger partial charge in [-0.3, -0.25) is 0 Å². The maximum Gasteiger partial charge on any atom is 0.140 e. The predicted molar refractivity (Wildman–Crippen MR) is 55.5 cm³/mol. The highest BCUT2D eigenvalue weighted by molar-refractivity contribution is 5.49. The second kappa shape index (κ2) is 3.42. The molecule has 2 aromatic heterocycles. The van der Waals surface area contributed by atoms with Crippen LogP contribution in [-0.2, 0) is 6.42 Å². The van der Waals surface area contributed by atoms with Crippen LogP contribution in [0.25, 0.3) is 5.65 Å². The molecule has 0 saturated carbocycles. The first-order valence-electron chi connectivity index (χ1n) is 4.77.